The van der Waals surface area contributed by atoms with E-state index < -0.39 is 16.0 Å². The summed E-state index contributed by atoms with van der Waals surface area (Å²) in [6, 6.07) is 6.05. The van der Waals surface area contributed by atoms with E-state index in [1.165, 1.54) is 17.1 Å². The Labute approximate surface area is 128 Å². The average Bonchev–Trinajstić information content (AvgIpc) is 2.93. The number of benzene rings is 1. The first kappa shape index (κ1) is 16.4. The molecule has 0 fully saturated rings. The molecule has 0 radical (unpaired) electrons. The minimum atomic E-state index is -4.31. The van der Waals surface area contributed by atoms with Gasteiger partial charge in [-0.15, -0.1) is 0 Å². The summed E-state index contributed by atoms with van der Waals surface area (Å²) in [6.45, 7) is 2.36. The molecule has 0 bridgehead atoms. The van der Waals surface area contributed by atoms with Crippen LogP contribution < -0.4 is 0 Å². The van der Waals surface area contributed by atoms with Crippen molar-refractivity contribution >= 4 is 21.7 Å². The highest BCUT2D eigenvalue weighted by atomic mass is 32.2. The fourth-order valence-electron chi connectivity index (χ4n) is 2.15. The second-order valence-corrected chi connectivity index (χ2v) is 6.18. The molecule has 0 saturated carbocycles. The summed E-state index contributed by atoms with van der Waals surface area (Å²) in [6.07, 6.45) is 0.365. The Morgan fingerprint density at radius 2 is 2.09 bits per heavy atom. The van der Waals surface area contributed by atoms with Crippen LogP contribution in [0.1, 0.15) is 18.9 Å². The van der Waals surface area contributed by atoms with Crippen molar-refractivity contribution in [1.29, 1.82) is 0 Å². The summed E-state index contributed by atoms with van der Waals surface area (Å²) in [7, 11) is -4.31. The smallest absolute Gasteiger partial charge is 0.292 e. The first-order chi connectivity index (χ1) is 10.3. The molecule has 9 heteroatoms. The Morgan fingerprint density at radius 1 is 1.41 bits per heavy atom. The van der Waals surface area contributed by atoms with Gasteiger partial charge in [-0.25, -0.2) is 5.06 Å². The van der Waals surface area contributed by atoms with E-state index in [0.29, 0.717) is 23.6 Å². The van der Waals surface area contributed by atoms with Crippen molar-refractivity contribution in [2.45, 2.75) is 24.8 Å². The minimum absolute atomic E-state index is 0.143. The molecule has 1 aliphatic heterocycles. The number of amides is 1. The summed E-state index contributed by atoms with van der Waals surface area (Å²) in [5, 5.41) is 15.6. The molecule has 1 amide bonds. The zero-order valence-corrected chi connectivity index (χ0v) is 12.8. The van der Waals surface area contributed by atoms with E-state index in [0.717, 1.165) is 0 Å². The molecule has 8 nitrogen and oxygen atoms in total. The van der Waals surface area contributed by atoms with Gasteiger partial charge in [0.05, 0.1) is 11.4 Å². The van der Waals surface area contributed by atoms with Gasteiger partial charge in [0, 0.05) is 19.5 Å². The first-order valence-electron chi connectivity index (χ1n) is 6.71. The molecule has 0 unspecified atom stereocenters. The third kappa shape index (κ3) is 3.62. The Hall–Kier alpha value is -1.97. The van der Waals surface area contributed by atoms with Crippen molar-refractivity contribution in [2.75, 3.05) is 13.1 Å². The van der Waals surface area contributed by atoms with Crippen molar-refractivity contribution in [2.24, 2.45) is 5.10 Å². The van der Waals surface area contributed by atoms with Crippen LogP contribution >= 0.6 is 0 Å². The Bertz CT molecular complexity index is 701. The Morgan fingerprint density at radius 3 is 2.73 bits per heavy atom. The van der Waals surface area contributed by atoms with Crippen LogP contribution in [0, 0.1) is 0 Å². The zero-order valence-electron chi connectivity index (χ0n) is 12.0. The van der Waals surface area contributed by atoms with Gasteiger partial charge in [-0.3, -0.25) is 19.6 Å². The number of hydrogen-bond donors (Lipinski definition) is 2. The molecular formula is C13H17N3O5S. The highest BCUT2D eigenvalue weighted by Crippen LogP contribution is 2.19. The van der Waals surface area contributed by atoms with Gasteiger partial charge in [0.2, 0.25) is 0 Å². The highest BCUT2D eigenvalue weighted by molar-refractivity contribution is 7.85. The second-order valence-electron chi connectivity index (χ2n) is 4.79. The van der Waals surface area contributed by atoms with Gasteiger partial charge in [-0.05, 0) is 18.6 Å². The van der Waals surface area contributed by atoms with Gasteiger partial charge in [0.15, 0.2) is 0 Å². The van der Waals surface area contributed by atoms with E-state index in [1.54, 1.807) is 19.1 Å². The van der Waals surface area contributed by atoms with E-state index in [-0.39, 0.29) is 23.7 Å². The maximum absolute atomic E-state index is 11.8. The molecule has 0 aliphatic carbocycles. The fourth-order valence-corrected chi connectivity index (χ4v) is 2.86. The van der Waals surface area contributed by atoms with Crippen LogP contribution in [0.3, 0.4) is 0 Å². The van der Waals surface area contributed by atoms with Crippen molar-refractivity contribution in [3.63, 3.8) is 0 Å². The Kier molecular flexibility index (Phi) is 4.79. The van der Waals surface area contributed by atoms with Crippen LogP contribution in [0.25, 0.3) is 0 Å². The first-order valence-corrected chi connectivity index (χ1v) is 8.15. The number of hydrazone groups is 1. The lowest BCUT2D eigenvalue weighted by atomic mass is 10.2. The van der Waals surface area contributed by atoms with Crippen molar-refractivity contribution in [3.05, 3.63) is 29.8 Å². The number of hydroxylamine groups is 2. The zero-order chi connectivity index (χ0) is 16.3. The van der Waals surface area contributed by atoms with Crippen molar-refractivity contribution in [3.8, 4) is 0 Å². The Balaban J connectivity index is 2.17. The van der Waals surface area contributed by atoms with Crippen LogP contribution in [-0.2, 0) is 21.5 Å². The van der Waals surface area contributed by atoms with Crippen molar-refractivity contribution < 1.29 is 23.0 Å². The maximum atomic E-state index is 11.8. The van der Waals surface area contributed by atoms with E-state index in [1.807, 2.05) is 0 Å². The summed E-state index contributed by atoms with van der Waals surface area (Å²) < 4.78 is 31.9. The predicted octanol–water partition coefficient (Wildman–Crippen LogP) is 0.733. The number of carbonyl (C=O) groups is 1. The quantitative estimate of drug-likeness (QED) is 0.469. The number of nitrogens with zero attached hydrogens (tertiary/aromatic N) is 3. The molecule has 0 saturated heterocycles. The minimum Gasteiger partial charge on any atom is -0.292 e. The molecule has 1 aromatic rings. The molecule has 2 N–H and O–H groups in total. The van der Waals surface area contributed by atoms with E-state index in [4.69, 9.17) is 0 Å². The van der Waals surface area contributed by atoms with Crippen LogP contribution in [0.4, 0.5) is 0 Å². The maximum Gasteiger partial charge on any atom is 0.294 e. The fraction of sp³-hybridized carbons (Fsp3) is 0.385. The standard InChI is InChI=1S/C13H17N3O5S/c1-2-16(18)13(17)11-7-8-15(14-11)9-10-5-3-4-6-12(10)22(19,20)21/h3-6,18H,2,7-9H2,1H3,(H,19,20,21). The van der Waals surface area contributed by atoms with Gasteiger partial charge in [0.1, 0.15) is 5.71 Å². The molecular weight excluding hydrogens is 310 g/mol. The van der Waals surface area contributed by atoms with Crippen LogP contribution in [0.5, 0.6) is 0 Å². The summed E-state index contributed by atoms with van der Waals surface area (Å²) in [5.41, 5.74) is 0.604. The van der Waals surface area contributed by atoms with E-state index >= 15 is 0 Å². The molecule has 0 aromatic heterocycles. The third-order valence-electron chi connectivity index (χ3n) is 3.25. The monoisotopic (exact) mass is 327 g/mol. The lowest BCUT2D eigenvalue weighted by Crippen LogP contribution is -2.32. The number of carbonyl (C=O) groups excluding carboxylic acids is 1. The molecule has 1 aromatic carbocycles. The van der Waals surface area contributed by atoms with Crippen LogP contribution in [0.2, 0.25) is 0 Å². The van der Waals surface area contributed by atoms with Gasteiger partial charge in [-0.1, -0.05) is 18.2 Å². The second kappa shape index (κ2) is 6.42. The molecule has 2 rings (SSSR count). The van der Waals surface area contributed by atoms with Gasteiger partial charge in [-0.2, -0.15) is 13.5 Å². The highest BCUT2D eigenvalue weighted by Gasteiger charge is 2.25. The predicted molar refractivity (Wildman–Crippen MR) is 77.9 cm³/mol. The summed E-state index contributed by atoms with van der Waals surface area (Å²) >= 11 is 0. The summed E-state index contributed by atoms with van der Waals surface area (Å²) in [5.74, 6) is -0.562. The van der Waals surface area contributed by atoms with Gasteiger partial charge >= 0.3 is 0 Å². The number of hydrogen-bond acceptors (Lipinski definition) is 6. The SMILES string of the molecule is CCN(O)C(=O)C1=NN(Cc2ccccc2S(=O)(=O)O)CC1. The summed E-state index contributed by atoms with van der Waals surface area (Å²) in [4.78, 5) is 11.6. The van der Waals surface area contributed by atoms with Crippen molar-refractivity contribution in [1.82, 2.24) is 10.1 Å². The molecule has 0 spiro atoms. The molecule has 120 valence electrons. The molecule has 1 aliphatic rings. The van der Waals surface area contributed by atoms with Crippen LogP contribution in [0.15, 0.2) is 34.3 Å². The van der Waals surface area contributed by atoms with Gasteiger partial charge in [0.25, 0.3) is 16.0 Å². The number of rotatable bonds is 5. The molecule has 0 atom stereocenters. The molecule has 1 heterocycles. The van der Waals surface area contributed by atoms with Gasteiger partial charge < -0.3 is 0 Å². The third-order valence-corrected chi connectivity index (χ3v) is 4.21. The molecule has 22 heavy (non-hydrogen) atoms. The van der Waals surface area contributed by atoms with E-state index in [2.05, 4.69) is 5.10 Å². The normalized spacial score (nSPS) is 14.9. The largest absolute Gasteiger partial charge is 0.294 e. The van der Waals surface area contributed by atoms with E-state index in [9.17, 15) is 23.0 Å². The average molecular weight is 327 g/mol. The topological polar surface area (TPSA) is 111 Å². The van der Waals surface area contributed by atoms with Crippen LogP contribution in [-0.4, -0.2) is 53.0 Å². The lowest BCUT2D eigenvalue weighted by Gasteiger charge is -2.15. The lowest BCUT2D eigenvalue weighted by molar-refractivity contribution is -0.155.